The van der Waals surface area contributed by atoms with E-state index in [1.165, 1.54) is 4.90 Å². The van der Waals surface area contributed by atoms with Crippen LogP contribution < -0.4 is 10.6 Å². The smallest absolute Gasteiger partial charge is 0.247 e. The van der Waals surface area contributed by atoms with Crippen LogP contribution in [-0.4, -0.2) is 24.1 Å². The molecule has 5 nitrogen and oxygen atoms in total. The number of anilines is 1. The third-order valence-electron chi connectivity index (χ3n) is 2.50. The van der Waals surface area contributed by atoms with Crippen LogP contribution in [0.4, 0.5) is 5.69 Å². The summed E-state index contributed by atoms with van der Waals surface area (Å²) in [5.74, 6) is -3.18. The SMILES string of the molecule is NC(=O)C1C(=O)CN(c2ccccc2)C1=O. The Morgan fingerprint density at radius 3 is 2.38 bits per heavy atom. The largest absolute Gasteiger partial charge is 0.369 e. The molecular weight excluding hydrogens is 208 g/mol. The van der Waals surface area contributed by atoms with Crippen LogP contribution in [-0.2, 0) is 14.4 Å². The minimum Gasteiger partial charge on any atom is -0.369 e. The van der Waals surface area contributed by atoms with Crippen molar-refractivity contribution in [2.24, 2.45) is 11.7 Å². The normalized spacial score (nSPS) is 20.2. The van der Waals surface area contributed by atoms with E-state index in [4.69, 9.17) is 5.73 Å². The molecule has 1 aromatic carbocycles. The molecule has 2 amide bonds. The number of hydrogen-bond acceptors (Lipinski definition) is 3. The van der Waals surface area contributed by atoms with Crippen molar-refractivity contribution in [2.75, 3.05) is 11.4 Å². The van der Waals surface area contributed by atoms with Gasteiger partial charge in [-0.2, -0.15) is 0 Å². The molecule has 0 aliphatic carbocycles. The second-order valence-corrected chi connectivity index (χ2v) is 3.56. The van der Waals surface area contributed by atoms with Crippen molar-refractivity contribution in [1.29, 1.82) is 0 Å². The molecule has 2 rings (SSSR count). The highest BCUT2D eigenvalue weighted by molar-refractivity contribution is 6.28. The number of amides is 2. The Morgan fingerprint density at radius 1 is 1.25 bits per heavy atom. The number of hydrogen-bond donors (Lipinski definition) is 1. The zero-order valence-electron chi connectivity index (χ0n) is 8.42. The predicted octanol–water partition coefficient (Wildman–Crippen LogP) is -0.296. The number of primary amides is 1. The number of ketones is 1. The van der Waals surface area contributed by atoms with E-state index in [2.05, 4.69) is 0 Å². The average Bonchev–Trinajstić information content (AvgIpc) is 2.55. The van der Waals surface area contributed by atoms with E-state index in [1.54, 1.807) is 30.3 Å². The number of para-hydroxylation sites is 1. The number of Topliss-reactive ketones (excluding diaryl/α,β-unsaturated/α-hetero) is 1. The molecule has 1 atom stereocenters. The second-order valence-electron chi connectivity index (χ2n) is 3.56. The van der Waals surface area contributed by atoms with E-state index in [0.717, 1.165) is 0 Å². The molecule has 5 heteroatoms. The number of carbonyl (C=O) groups is 3. The molecule has 0 radical (unpaired) electrons. The monoisotopic (exact) mass is 218 g/mol. The molecule has 1 aromatic rings. The molecule has 16 heavy (non-hydrogen) atoms. The number of nitrogens with zero attached hydrogens (tertiary/aromatic N) is 1. The Morgan fingerprint density at radius 2 is 1.88 bits per heavy atom. The Balaban J connectivity index is 2.31. The summed E-state index contributed by atoms with van der Waals surface area (Å²) in [5.41, 5.74) is 5.61. The Hall–Kier alpha value is -2.17. The lowest BCUT2D eigenvalue weighted by atomic mass is 10.1. The lowest BCUT2D eigenvalue weighted by Gasteiger charge is -2.14. The van der Waals surface area contributed by atoms with Gasteiger partial charge in [0.1, 0.15) is 0 Å². The number of benzene rings is 1. The molecule has 2 N–H and O–H groups in total. The van der Waals surface area contributed by atoms with E-state index < -0.39 is 23.5 Å². The van der Waals surface area contributed by atoms with Crippen LogP contribution in [0.5, 0.6) is 0 Å². The Kier molecular flexibility index (Phi) is 2.44. The Labute approximate surface area is 91.8 Å². The van der Waals surface area contributed by atoms with Crippen molar-refractivity contribution in [2.45, 2.75) is 0 Å². The van der Waals surface area contributed by atoms with Gasteiger partial charge < -0.3 is 10.6 Å². The summed E-state index contributed by atoms with van der Waals surface area (Å²) < 4.78 is 0. The first-order valence-electron chi connectivity index (χ1n) is 4.79. The van der Waals surface area contributed by atoms with Crippen LogP contribution in [0, 0.1) is 5.92 Å². The number of carbonyl (C=O) groups excluding carboxylic acids is 3. The molecule has 1 heterocycles. The molecule has 1 fully saturated rings. The molecule has 1 aliphatic rings. The molecule has 1 unspecified atom stereocenters. The first kappa shape index (κ1) is 10.4. The van der Waals surface area contributed by atoms with E-state index in [1.807, 2.05) is 0 Å². The summed E-state index contributed by atoms with van der Waals surface area (Å²) in [6.45, 7) is -0.0869. The lowest BCUT2D eigenvalue weighted by molar-refractivity contribution is -0.135. The van der Waals surface area contributed by atoms with Crippen molar-refractivity contribution >= 4 is 23.3 Å². The fourth-order valence-electron chi connectivity index (χ4n) is 1.73. The minimum absolute atomic E-state index is 0.0869. The van der Waals surface area contributed by atoms with E-state index in [9.17, 15) is 14.4 Å². The third kappa shape index (κ3) is 1.56. The molecule has 0 saturated carbocycles. The maximum atomic E-state index is 11.8. The van der Waals surface area contributed by atoms with Crippen molar-refractivity contribution in [3.8, 4) is 0 Å². The molecule has 0 bridgehead atoms. The highest BCUT2D eigenvalue weighted by Crippen LogP contribution is 2.22. The van der Waals surface area contributed by atoms with Gasteiger partial charge in [-0.1, -0.05) is 18.2 Å². The third-order valence-corrected chi connectivity index (χ3v) is 2.50. The van der Waals surface area contributed by atoms with Gasteiger partial charge in [0, 0.05) is 5.69 Å². The van der Waals surface area contributed by atoms with Gasteiger partial charge in [-0.15, -0.1) is 0 Å². The highest BCUT2D eigenvalue weighted by atomic mass is 16.2. The van der Waals surface area contributed by atoms with Crippen molar-refractivity contribution < 1.29 is 14.4 Å². The van der Waals surface area contributed by atoms with Gasteiger partial charge in [0.2, 0.25) is 11.8 Å². The minimum atomic E-state index is -1.32. The van der Waals surface area contributed by atoms with Crippen molar-refractivity contribution in [3.63, 3.8) is 0 Å². The van der Waals surface area contributed by atoms with Gasteiger partial charge in [0.15, 0.2) is 11.7 Å². The van der Waals surface area contributed by atoms with Gasteiger partial charge in [0.25, 0.3) is 0 Å². The van der Waals surface area contributed by atoms with E-state index in [-0.39, 0.29) is 6.54 Å². The van der Waals surface area contributed by atoms with Crippen molar-refractivity contribution in [3.05, 3.63) is 30.3 Å². The summed E-state index contributed by atoms with van der Waals surface area (Å²) >= 11 is 0. The molecule has 1 aliphatic heterocycles. The van der Waals surface area contributed by atoms with Gasteiger partial charge in [0.05, 0.1) is 6.54 Å². The fraction of sp³-hybridized carbons (Fsp3) is 0.182. The summed E-state index contributed by atoms with van der Waals surface area (Å²) in [6, 6.07) is 8.72. The number of nitrogens with two attached hydrogens (primary N) is 1. The number of rotatable bonds is 2. The van der Waals surface area contributed by atoms with Gasteiger partial charge in [-0.05, 0) is 12.1 Å². The maximum absolute atomic E-state index is 11.8. The first-order valence-corrected chi connectivity index (χ1v) is 4.79. The van der Waals surface area contributed by atoms with E-state index in [0.29, 0.717) is 5.69 Å². The van der Waals surface area contributed by atoms with Crippen LogP contribution in [0.1, 0.15) is 0 Å². The Bertz CT molecular complexity index is 456. The summed E-state index contributed by atoms with van der Waals surface area (Å²) in [4.78, 5) is 35.4. The van der Waals surface area contributed by atoms with Crippen LogP contribution >= 0.6 is 0 Å². The van der Waals surface area contributed by atoms with Gasteiger partial charge in [-0.25, -0.2) is 0 Å². The summed E-state index contributed by atoms with van der Waals surface area (Å²) in [5, 5.41) is 0. The topological polar surface area (TPSA) is 80.5 Å². The molecule has 82 valence electrons. The molecule has 1 saturated heterocycles. The summed E-state index contributed by atoms with van der Waals surface area (Å²) in [7, 11) is 0. The molecule has 0 spiro atoms. The highest BCUT2D eigenvalue weighted by Gasteiger charge is 2.43. The lowest BCUT2D eigenvalue weighted by Crippen LogP contribution is -2.34. The zero-order valence-corrected chi connectivity index (χ0v) is 8.42. The standard InChI is InChI=1S/C11H10N2O3/c12-10(15)9-8(14)6-13(11(9)16)7-4-2-1-3-5-7/h1-5,9H,6H2,(H2,12,15). The van der Waals surface area contributed by atoms with Crippen LogP contribution in [0.3, 0.4) is 0 Å². The van der Waals surface area contributed by atoms with Crippen LogP contribution in [0.15, 0.2) is 30.3 Å². The van der Waals surface area contributed by atoms with Gasteiger partial charge in [-0.3, -0.25) is 14.4 Å². The van der Waals surface area contributed by atoms with Gasteiger partial charge >= 0.3 is 0 Å². The quantitative estimate of drug-likeness (QED) is 0.692. The summed E-state index contributed by atoms with van der Waals surface area (Å²) in [6.07, 6.45) is 0. The second kappa shape index (κ2) is 3.77. The van der Waals surface area contributed by atoms with Crippen LogP contribution in [0.2, 0.25) is 0 Å². The molecular formula is C11H10N2O3. The zero-order chi connectivity index (χ0) is 11.7. The van der Waals surface area contributed by atoms with Crippen molar-refractivity contribution in [1.82, 2.24) is 0 Å². The predicted molar refractivity (Wildman–Crippen MR) is 56.5 cm³/mol. The fourth-order valence-corrected chi connectivity index (χ4v) is 1.73. The molecule has 0 aromatic heterocycles. The van der Waals surface area contributed by atoms with Crippen LogP contribution in [0.25, 0.3) is 0 Å². The maximum Gasteiger partial charge on any atom is 0.247 e. The average molecular weight is 218 g/mol. The first-order chi connectivity index (χ1) is 7.61. The van der Waals surface area contributed by atoms with E-state index >= 15 is 0 Å².